The Balaban J connectivity index is 1.47. The molecule has 1 aliphatic carbocycles. The number of benzene rings is 1. The molecule has 0 radical (unpaired) electrons. The lowest BCUT2D eigenvalue weighted by molar-refractivity contribution is -0.274. The smallest absolute Gasteiger partial charge is 0.406 e. The van der Waals surface area contributed by atoms with E-state index in [4.69, 9.17) is 4.98 Å². The number of aromatic nitrogens is 4. The fraction of sp³-hybridized carbons (Fsp3) is 0.393. The number of ether oxygens (including phenoxy) is 1. The van der Waals surface area contributed by atoms with Crippen LogP contribution in [0.4, 0.5) is 24.9 Å². The minimum Gasteiger partial charge on any atom is -0.406 e. The minimum absolute atomic E-state index is 0.209. The first-order valence-electron chi connectivity index (χ1n) is 13.3. The van der Waals surface area contributed by atoms with E-state index < -0.39 is 42.4 Å². The molecule has 0 aliphatic heterocycles. The number of thiazole rings is 1. The van der Waals surface area contributed by atoms with Crippen molar-refractivity contribution < 1.29 is 32.9 Å². The van der Waals surface area contributed by atoms with Crippen molar-refractivity contribution in [2.24, 2.45) is 5.92 Å². The van der Waals surface area contributed by atoms with Gasteiger partial charge in [-0.25, -0.2) is 9.97 Å². The second kappa shape index (κ2) is 11.8. The molecule has 3 aromatic heterocycles. The molecule has 1 aromatic carbocycles. The molecule has 14 heteroatoms. The van der Waals surface area contributed by atoms with E-state index in [0.29, 0.717) is 39.6 Å². The molecule has 42 heavy (non-hydrogen) atoms. The van der Waals surface area contributed by atoms with Gasteiger partial charge in [0, 0.05) is 12.1 Å². The number of Topliss-reactive ketones (excluding diaryl/α,β-unsaturated/α-hetero) is 1. The summed E-state index contributed by atoms with van der Waals surface area (Å²) < 4.78 is 42.5. The van der Waals surface area contributed by atoms with Crippen LogP contribution in [0.25, 0.3) is 20.8 Å². The molecule has 0 bridgehead atoms. The number of halogens is 3. The number of aliphatic hydroxyl groups is 2. The number of carbonyl (C=O) groups excluding carboxylic acids is 1. The topological polar surface area (TPSA) is 142 Å². The number of carbonyl (C=O) groups is 1. The number of anilines is 2. The molecule has 4 aromatic rings. The van der Waals surface area contributed by atoms with Crippen molar-refractivity contribution in [2.75, 3.05) is 10.6 Å². The Bertz CT molecular complexity index is 1550. The maximum Gasteiger partial charge on any atom is 0.573 e. The van der Waals surface area contributed by atoms with Gasteiger partial charge in [-0.1, -0.05) is 19.1 Å². The molecular formula is C28H29F3N6O4S. The number of fused-ring (bicyclic) bond motifs is 1. The molecule has 1 aliphatic rings. The van der Waals surface area contributed by atoms with Crippen molar-refractivity contribution in [3.63, 3.8) is 0 Å². The maximum atomic E-state index is 13.0. The van der Waals surface area contributed by atoms with Crippen LogP contribution in [-0.2, 0) is 4.79 Å². The molecular weight excluding hydrogens is 573 g/mol. The van der Waals surface area contributed by atoms with Crippen molar-refractivity contribution in [1.82, 2.24) is 19.9 Å². The minimum atomic E-state index is -4.78. The molecule has 1 saturated carbocycles. The number of pyridine rings is 1. The Morgan fingerprint density at radius 2 is 1.90 bits per heavy atom. The highest BCUT2D eigenvalue weighted by molar-refractivity contribution is 7.21. The van der Waals surface area contributed by atoms with Gasteiger partial charge in [0.1, 0.15) is 28.2 Å². The van der Waals surface area contributed by atoms with Crippen molar-refractivity contribution in [3.05, 3.63) is 54.0 Å². The molecule has 1 fully saturated rings. The maximum absolute atomic E-state index is 13.0. The van der Waals surface area contributed by atoms with Crippen molar-refractivity contribution >= 4 is 39.1 Å². The SMILES string of the molecule is CCC(O)C1CC(Nc2nc(NC(C)c3ccc(OC(F)(F)F)cc3)nc(C)c2-c2nc3cnccc3s2)C(=O)C1O. The Kier molecular flexibility index (Phi) is 8.30. The molecule has 10 nitrogen and oxygen atoms in total. The number of hydrogen-bond donors (Lipinski definition) is 4. The van der Waals surface area contributed by atoms with Crippen LogP contribution in [0.3, 0.4) is 0 Å². The average Bonchev–Trinajstić information content (AvgIpc) is 3.48. The van der Waals surface area contributed by atoms with Crippen LogP contribution in [0.15, 0.2) is 42.7 Å². The molecule has 5 rings (SSSR count). The van der Waals surface area contributed by atoms with Gasteiger partial charge >= 0.3 is 6.36 Å². The number of nitrogens with one attached hydrogen (secondary N) is 2. The zero-order chi connectivity index (χ0) is 30.2. The van der Waals surface area contributed by atoms with Gasteiger partial charge in [0.25, 0.3) is 0 Å². The molecule has 0 amide bonds. The van der Waals surface area contributed by atoms with E-state index in [1.54, 1.807) is 33.2 Å². The van der Waals surface area contributed by atoms with Gasteiger partial charge in [-0.3, -0.25) is 9.78 Å². The standard InChI is InChI=1S/C28H29F3N6O4S/c1-4-20(38)17-11-18(24(40)23(17)39)35-25-22(26-36-19-12-32-10-9-21(19)42-26)14(3)34-27(37-25)33-13(2)15-5-7-16(8-6-15)41-28(29,30)31/h5-10,12-13,17-18,20,23,38-39H,4,11H2,1-3H3,(H2,33,34,35,37). The summed E-state index contributed by atoms with van der Waals surface area (Å²) in [5.41, 5.74) is 2.48. The number of alkyl halides is 3. The molecule has 5 unspecified atom stereocenters. The largest absolute Gasteiger partial charge is 0.573 e. The summed E-state index contributed by atoms with van der Waals surface area (Å²) >= 11 is 1.41. The summed E-state index contributed by atoms with van der Waals surface area (Å²) in [7, 11) is 0. The third kappa shape index (κ3) is 6.30. The van der Waals surface area contributed by atoms with E-state index in [0.717, 1.165) is 4.70 Å². The van der Waals surface area contributed by atoms with E-state index in [1.165, 1.54) is 35.6 Å². The molecule has 5 atom stereocenters. The van der Waals surface area contributed by atoms with E-state index in [2.05, 4.69) is 30.3 Å². The lowest BCUT2D eigenvalue weighted by Crippen LogP contribution is -2.32. The highest BCUT2D eigenvalue weighted by Crippen LogP contribution is 2.38. The van der Waals surface area contributed by atoms with Gasteiger partial charge in [-0.15, -0.1) is 24.5 Å². The summed E-state index contributed by atoms with van der Waals surface area (Å²) in [6, 6.07) is 6.10. The normalized spacial score (nSPS) is 20.5. The molecule has 0 saturated heterocycles. The number of aryl methyl sites for hydroxylation is 1. The lowest BCUT2D eigenvalue weighted by Gasteiger charge is -2.20. The van der Waals surface area contributed by atoms with Gasteiger partial charge in [-0.2, -0.15) is 4.98 Å². The highest BCUT2D eigenvalue weighted by atomic mass is 32.1. The number of hydrogen-bond acceptors (Lipinski definition) is 11. The Labute approximate surface area is 243 Å². The van der Waals surface area contributed by atoms with Gasteiger partial charge < -0.3 is 25.6 Å². The summed E-state index contributed by atoms with van der Waals surface area (Å²) in [4.78, 5) is 31.1. The first-order chi connectivity index (χ1) is 19.9. The Morgan fingerprint density at radius 3 is 2.57 bits per heavy atom. The lowest BCUT2D eigenvalue weighted by atomic mass is 9.96. The van der Waals surface area contributed by atoms with Crippen LogP contribution in [0.5, 0.6) is 5.75 Å². The van der Waals surface area contributed by atoms with Crippen LogP contribution in [0, 0.1) is 12.8 Å². The number of rotatable bonds is 9. The molecule has 0 spiro atoms. The van der Waals surface area contributed by atoms with E-state index >= 15 is 0 Å². The predicted octanol–water partition coefficient (Wildman–Crippen LogP) is 5.03. The van der Waals surface area contributed by atoms with Gasteiger partial charge in [0.05, 0.1) is 40.3 Å². The van der Waals surface area contributed by atoms with E-state index in [9.17, 15) is 28.2 Å². The second-order valence-corrected chi connectivity index (χ2v) is 11.2. The van der Waals surface area contributed by atoms with Crippen molar-refractivity contribution in [1.29, 1.82) is 0 Å². The third-order valence-corrected chi connectivity index (χ3v) is 8.28. The van der Waals surface area contributed by atoms with Crippen LogP contribution in [-0.4, -0.2) is 60.5 Å². The van der Waals surface area contributed by atoms with Crippen LogP contribution >= 0.6 is 11.3 Å². The fourth-order valence-electron chi connectivity index (χ4n) is 5.02. The highest BCUT2D eigenvalue weighted by Gasteiger charge is 2.44. The fourth-order valence-corrected chi connectivity index (χ4v) is 6.05. The second-order valence-electron chi connectivity index (χ2n) is 10.1. The summed E-state index contributed by atoms with van der Waals surface area (Å²) in [6.45, 7) is 5.36. The van der Waals surface area contributed by atoms with Gasteiger partial charge in [0.2, 0.25) is 5.95 Å². The van der Waals surface area contributed by atoms with Crippen LogP contribution < -0.4 is 15.4 Å². The summed E-state index contributed by atoms with van der Waals surface area (Å²) in [5, 5.41) is 27.9. The van der Waals surface area contributed by atoms with Gasteiger partial charge in [0.15, 0.2) is 5.78 Å². The number of aliphatic hydroxyl groups excluding tert-OH is 2. The third-order valence-electron chi connectivity index (χ3n) is 7.22. The first-order valence-corrected chi connectivity index (χ1v) is 14.1. The predicted molar refractivity (Wildman–Crippen MR) is 151 cm³/mol. The van der Waals surface area contributed by atoms with Crippen molar-refractivity contribution in [2.45, 2.75) is 64.3 Å². The zero-order valence-electron chi connectivity index (χ0n) is 22.9. The van der Waals surface area contributed by atoms with E-state index in [-0.39, 0.29) is 18.1 Å². The van der Waals surface area contributed by atoms with Crippen LogP contribution in [0.1, 0.15) is 44.0 Å². The zero-order valence-corrected chi connectivity index (χ0v) is 23.7. The monoisotopic (exact) mass is 602 g/mol. The quantitative estimate of drug-likeness (QED) is 0.206. The van der Waals surface area contributed by atoms with E-state index in [1.807, 2.05) is 6.07 Å². The van der Waals surface area contributed by atoms with Crippen LogP contribution in [0.2, 0.25) is 0 Å². The van der Waals surface area contributed by atoms with Gasteiger partial charge in [-0.05, 0) is 50.5 Å². The summed E-state index contributed by atoms with van der Waals surface area (Å²) in [5.74, 6) is -0.854. The summed E-state index contributed by atoms with van der Waals surface area (Å²) in [6.07, 6.45) is -2.99. The van der Waals surface area contributed by atoms with Crippen molar-refractivity contribution in [3.8, 4) is 16.3 Å². The number of nitrogens with zero attached hydrogens (tertiary/aromatic N) is 4. The Morgan fingerprint density at radius 1 is 1.17 bits per heavy atom. The molecule has 4 N–H and O–H groups in total. The Hall–Kier alpha value is -3.88. The molecule has 3 heterocycles. The molecule has 222 valence electrons. The number of ketones is 1. The average molecular weight is 603 g/mol. The first kappa shape index (κ1) is 29.6.